The molecular formula is C19H26N2O3. The number of hydrogen-bond acceptors (Lipinski definition) is 5. The first kappa shape index (κ1) is 18.2. The van der Waals surface area contributed by atoms with E-state index in [1.54, 1.807) is 0 Å². The SMILES string of the molecule is Cc1ccc(OCc2ccccc2)c(OCC(O)CNC(C)C)n1. The summed E-state index contributed by atoms with van der Waals surface area (Å²) in [6.07, 6.45) is -0.600. The fraction of sp³-hybridized carbons (Fsp3) is 0.421. The lowest BCUT2D eigenvalue weighted by Crippen LogP contribution is -2.35. The number of pyridine rings is 1. The molecule has 1 heterocycles. The van der Waals surface area contributed by atoms with E-state index in [2.05, 4.69) is 10.3 Å². The first-order valence-electron chi connectivity index (χ1n) is 8.23. The highest BCUT2D eigenvalue weighted by Gasteiger charge is 2.11. The van der Waals surface area contributed by atoms with Gasteiger partial charge in [-0.25, -0.2) is 4.98 Å². The van der Waals surface area contributed by atoms with Gasteiger partial charge in [-0.2, -0.15) is 0 Å². The Hall–Kier alpha value is -2.11. The Kier molecular flexibility index (Phi) is 7.03. The van der Waals surface area contributed by atoms with Crippen LogP contribution < -0.4 is 14.8 Å². The lowest BCUT2D eigenvalue weighted by atomic mass is 10.2. The quantitative estimate of drug-likeness (QED) is 0.740. The van der Waals surface area contributed by atoms with Crippen molar-refractivity contribution in [1.29, 1.82) is 0 Å². The highest BCUT2D eigenvalue weighted by atomic mass is 16.5. The first-order valence-corrected chi connectivity index (χ1v) is 8.23. The molecule has 2 aromatic rings. The van der Waals surface area contributed by atoms with Gasteiger partial charge in [0.15, 0.2) is 5.75 Å². The molecule has 24 heavy (non-hydrogen) atoms. The molecule has 1 unspecified atom stereocenters. The molecule has 0 saturated carbocycles. The Morgan fingerprint density at radius 3 is 2.54 bits per heavy atom. The number of hydrogen-bond donors (Lipinski definition) is 2. The monoisotopic (exact) mass is 330 g/mol. The molecule has 1 aromatic carbocycles. The molecule has 0 aliphatic rings. The number of ether oxygens (including phenoxy) is 2. The molecule has 5 nitrogen and oxygen atoms in total. The van der Waals surface area contributed by atoms with Crippen molar-refractivity contribution >= 4 is 0 Å². The summed E-state index contributed by atoms with van der Waals surface area (Å²) in [5.41, 5.74) is 1.91. The van der Waals surface area contributed by atoms with Gasteiger partial charge in [-0.05, 0) is 24.6 Å². The highest BCUT2D eigenvalue weighted by molar-refractivity contribution is 5.35. The molecule has 0 bridgehead atoms. The summed E-state index contributed by atoms with van der Waals surface area (Å²) >= 11 is 0. The third kappa shape index (κ3) is 6.18. The molecule has 2 N–H and O–H groups in total. The molecule has 0 fully saturated rings. The molecule has 0 radical (unpaired) electrons. The van der Waals surface area contributed by atoms with Crippen molar-refractivity contribution in [3.63, 3.8) is 0 Å². The van der Waals surface area contributed by atoms with Gasteiger partial charge in [-0.1, -0.05) is 44.2 Å². The minimum atomic E-state index is -0.600. The lowest BCUT2D eigenvalue weighted by Gasteiger charge is -2.16. The first-order chi connectivity index (χ1) is 11.5. The smallest absolute Gasteiger partial charge is 0.257 e. The average Bonchev–Trinajstić information content (AvgIpc) is 2.58. The molecular weight excluding hydrogens is 304 g/mol. The van der Waals surface area contributed by atoms with Gasteiger partial charge < -0.3 is 19.9 Å². The third-order valence-electron chi connectivity index (χ3n) is 3.38. The van der Waals surface area contributed by atoms with E-state index >= 15 is 0 Å². The summed E-state index contributed by atoms with van der Waals surface area (Å²) in [5, 5.41) is 13.1. The van der Waals surface area contributed by atoms with E-state index in [1.165, 1.54) is 0 Å². The standard InChI is InChI=1S/C19H26N2O3/c1-14(2)20-11-17(22)13-24-19-18(10-9-15(3)21-19)23-12-16-7-5-4-6-8-16/h4-10,14,17,20,22H,11-13H2,1-3H3. The van der Waals surface area contributed by atoms with E-state index < -0.39 is 6.10 Å². The van der Waals surface area contributed by atoms with Crippen LogP contribution in [0, 0.1) is 6.92 Å². The number of rotatable bonds is 9. The predicted molar refractivity (Wildman–Crippen MR) is 94.4 cm³/mol. The molecule has 0 aliphatic carbocycles. The van der Waals surface area contributed by atoms with Crippen LogP contribution in [0.15, 0.2) is 42.5 Å². The van der Waals surface area contributed by atoms with Crippen molar-refractivity contribution in [3.05, 3.63) is 53.7 Å². The number of aliphatic hydroxyl groups is 1. The van der Waals surface area contributed by atoms with E-state index in [-0.39, 0.29) is 6.61 Å². The summed E-state index contributed by atoms with van der Waals surface area (Å²) in [5.74, 6) is 0.989. The molecule has 2 rings (SSSR count). The van der Waals surface area contributed by atoms with Crippen LogP contribution in [-0.2, 0) is 6.61 Å². The second kappa shape index (κ2) is 9.25. The van der Waals surface area contributed by atoms with Crippen LogP contribution in [0.5, 0.6) is 11.6 Å². The Morgan fingerprint density at radius 1 is 1.08 bits per heavy atom. The number of benzene rings is 1. The molecule has 1 atom stereocenters. The number of aliphatic hydroxyl groups excluding tert-OH is 1. The van der Waals surface area contributed by atoms with Crippen molar-refractivity contribution in [2.24, 2.45) is 0 Å². The fourth-order valence-corrected chi connectivity index (χ4v) is 2.07. The van der Waals surface area contributed by atoms with E-state index in [0.717, 1.165) is 11.3 Å². The number of nitrogens with one attached hydrogen (secondary N) is 1. The summed E-state index contributed by atoms with van der Waals surface area (Å²) in [7, 11) is 0. The number of aromatic nitrogens is 1. The van der Waals surface area contributed by atoms with E-state index in [1.807, 2.05) is 63.2 Å². The predicted octanol–water partition coefficient (Wildman–Crippen LogP) is 2.71. The van der Waals surface area contributed by atoms with E-state index in [4.69, 9.17) is 9.47 Å². The minimum absolute atomic E-state index is 0.165. The Balaban J connectivity index is 1.94. The van der Waals surface area contributed by atoms with Gasteiger partial charge in [0.25, 0.3) is 5.88 Å². The van der Waals surface area contributed by atoms with Crippen LogP contribution in [0.25, 0.3) is 0 Å². The zero-order chi connectivity index (χ0) is 17.4. The second-order valence-corrected chi connectivity index (χ2v) is 6.06. The van der Waals surface area contributed by atoms with Gasteiger partial charge in [0, 0.05) is 18.3 Å². The van der Waals surface area contributed by atoms with Gasteiger partial charge in [0.05, 0.1) is 0 Å². The van der Waals surface area contributed by atoms with Crippen molar-refractivity contribution in [1.82, 2.24) is 10.3 Å². The number of aryl methyl sites for hydroxylation is 1. The zero-order valence-electron chi connectivity index (χ0n) is 14.5. The largest absolute Gasteiger partial charge is 0.483 e. The van der Waals surface area contributed by atoms with Crippen molar-refractivity contribution in [2.75, 3.05) is 13.2 Å². The van der Waals surface area contributed by atoms with Crippen LogP contribution in [0.4, 0.5) is 0 Å². The lowest BCUT2D eigenvalue weighted by molar-refractivity contribution is 0.0991. The third-order valence-corrected chi connectivity index (χ3v) is 3.38. The molecule has 0 aliphatic heterocycles. The van der Waals surface area contributed by atoms with Gasteiger partial charge in [0.1, 0.15) is 19.3 Å². The summed E-state index contributed by atoms with van der Waals surface area (Å²) < 4.78 is 11.5. The fourth-order valence-electron chi connectivity index (χ4n) is 2.07. The normalized spacial score (nSPS) is 12.2. The molecule has 5 heteroatoms. The Bertz CT molecular complexity index is 617. The van der Waals surface area contributed by atoms with E-state index in [9.17, 15) is 5.11 Å². The topological polar surface area (TPSA) is 63.6 Å². The van der Waals surface area contributed by atoms with E-state index in [0.29, 0.717) is 30.8 Å². The van der Waals surface area contributed by atoms with Gasteiger partial charge >= 0.3 is 0 Å². The molecule has 0 amide bonds. The van der Waals surface area contributed by atoms with Crippen molar-refractivity contribution in [2.45, 2.75) is 39.5 Å². The summed E-state index contributed by atoms with van der Waals surface area (Å²) in [4.78, 5) is 4.37. The summed E-state index contributed by atoms with van der Waals surface area (Å²) in [6, 6.07) is 14.0. The van der Waals surface area contributed by atoms with Crippen LogP contribution in [0.3, 0.4) is 0 Å². The van der Waals surface area contributed by atoms with Gasteiger partial charge in [-0.15, -0.1) is 0 Å². The van der Waals surface area contributed by atoms with Crippen LogP contribution in [0.1, 0.15) is 25.1 Å². The Labute approximate surface area is 143 Å². The van der Waals surface area contributed by atoms with Gasteiger partial charge in [0.2, 0.25) is 0 Å². The minimum Gasteiger partial charge on any atom is -0.483 e. The molecule has 0 saturated heterocycles. The molecule has 130 valence electrons. The van der Waals surface area contributed by atoms with Crippen LogP contribution in [0.2, 0.25) is 0 Å². The van der Waals surface area contributed by atoms with Crippen molar-refractivity contribution in [3.8, 4) is 11.6 Å². The molecule has 0 spiro atoms. The maximum Gasteiger partial charge on any atom is 0.257 e. The maximum absolute atomic E-state index is 9.97. The van der Waals surface area contributed by atoms with Crippen LogP contribution >= 0.6 is 0 Å². The Morgan fingerprint density at radius 2 is 1.83 bits per heavy atom. The second-order valence-electron chi connectivity index (χ2n) is 6.06. The summed E-state index contributed by atoms with van der Waals surface area (Å²) in [6.45, 7) is 7.04. The van der Waals surface area contributed by atoms with Crippen LogP contribution in [-0.4, -0.2) is 35.4 Å². The van der Waals surface area contributed by atoms with Crippen molar-refractivity contribution < 1.29 is 14.6 Å². The maximum atomic E-state index is 9.97. The highest BCUT2D eigenvalue weighted by Crippen LogP contribution is 2.26. The average molecular weight is 330 g/mol. The van der Waals surface area contributed by atoms with Gasteiger partial charge in [-0.3, -0.25) is 0 Å². The molecule has 1 aromatic heterocycles. The number of nitrogens with zero attached hydrogens (tertiary/aromatic N) is 1. The zero-order valence-corrected chi connectivity index (χ0v) is 14.5.